The standard InChI is InChI=1S/C11H20O/c1-9(2)5-4-6-10(3)7-11-8-12-11/h5,10-11H,4,6-8H2,1-3H3/t10?,11-/m1/s1. The van der Waals surface area contributed by atoms with Crippen molar-refractivity contribution in [2.24, 2.45) is 5.92 Å². The van der Waals surface area contributed by atoms with Crippen LogP contribution in [-0.4, -0.2) is 12.7 Å². The molecule has 2 atom stereocenters. The third-order valence-electron chi connectivity index (χ3n) is 2.28. The summed E-state index contributed by atoms with van der Waals surface area (Å²) in [6.07, 6.45) is 6.73. The van der Waals surface area contributed by atoms with Gasteiger partial charge in [0.1, 0.15) is 0 Å². The highest BCUT2D eigenvalue weighted by atomic mass is 16.6. The Morgan fingerprint density at radius 2 is 2.25 bits per heavy atom. The molecule has 0 aromatic rings. The van der Waals surface area contributed by atoms with Crippen molar-refractivity contribution in [3.8, 4) is 0 Å². The first-order chi connectivity index (χ1) is 5.68. The minimum absolute atomic E-state index is 0.603. The molecule has 1 rings (SSSR count). The fourth-order valence-electron chi connectivity index (χ4n) is 1.43. The van der Waals surface area contributed by atoms with Gasteiger partial charge in [-0.1, -0.05) is 18.6 Å². The number of hydrogen-bond donors (Lipinski definition) is 0. The Morgan fingerprint density at radius 3 is 2.75 bits per heavy atom. The van der Waals surface area contributed by atoms with Crippen molar-refractivity contribution in [3.05, 3.63) is 11.6 Å². The van der Waals surface area contributed by atoms with Gasteiger partial charge in [-0.05, 0) is 39.0 Å². The van der Waals surface area contributed by atoms with Gasteiger partial charge in [-0.3, -0.25) is 0 Å². The molecule has 1 aliphatic heterocycles. The Bertz CT molecular complexity index is 152. The van der Waals surface area contributed by atoms with Crippen molar-refractivity contribution >= 4 is 0 Å². The van der Waals surface area contributed by atoms with Crippen molar-refractivity contribution in [1.82, 2.24) is 0 Å². The number of allylic oxidation sites excluding steroid dienone is 2. The van der Waals surface area contributed by atoms with Crippen LogP contribution in [0.4, 0.5) is 0 Å². The maximum absolute atomic E-state index is 5.19. The first-order valence-corrected chi connectivity index (χ1v) is 4.93. The zero-order valence-electron chi connectivity index (χ0n) is 8.47. The molecule has 1 unspecified atom stereocenters. The van der Waals surface area contributed by atoms with Crippen molar-refractivity contribution in [2.45, 2.75) is 46.1 Å². The molecular formula is C11H20O. The van der Waals surface area contributed by atoms with E-state index in [0.29, 0.717) is 6.10 Å². The van der Waals surface area contributed by atoms with Crippen LogP contribution in [-0.2, 0) is 4.74 Å². The number of ether oxygens (including phenoxy) is 1. The summed E-state index contributed by atoms with van der Waals surface area (Å²) >= 11 is 0. The Labute approximate surface area is 75.8 Å². The van der Waals surface area contributed by atoms with Gasteiger partial charge in [-0.15, -0.1) is 0 Å². The summed E-state index contributed by atoms with van der Waals surface area (Å²) in [5.74, 6) is 0.827. The zero-order valence-corrected chi connectivity index (χ0v) is 8.47. The molecule has 0 amide bonds. The number of rotatable bonds is 5. The molecule has 0 radical (unpaired) electrons. The van der Waals surface area contributed by atoms with Crippen molar-refractivity contribution in [2.75, 3.05) is 6.61 Å². The van der Waals surface area contributed by atoms with Crippen LogP contribution in [0.1, 0.15) is 40.0 Å². The third kappa shape index (κ3) is 4.55. The van der Waals surface area contributed by atoms with E-state index in [4.69, 9.17) is 4.74 Å². The molecule has 0 bridgehead atoms. The van der Waals surface area contributed by atoms with Crippen LogP contribution in [0.2, 0.25) is 0 Å². The lowest BCUT2D eigenvalue weighted by molar-refractivity contribution is 0.354. The lowest BCUT2D eigenvalue weighted by Gasteiger charge is -2.06. The second-order valence-electron chi connectivity index (χ2n) is 4.16. The average Bonchev–Trinajstić information content (AvgIpc) is 2.70. The summed E-state index contributed by atoms with van der Waals surface area (Å²) in [4.78, 5) is 0. The van der Waals surface area contributed by atoms with E-state index >= 15 is 0 Å². The van der Waals surface area contributed by atoms with E-state index in [0.717, 1.165) is 12.5 Å². The second-order valence-corrected chi connectivity index (χ2v) is 4.16. The molecular weight excluding hydrogens is 148 g/mol. The van der Waals surface area contributed by atoms with Gasteiger partial charge in [0, 0.05) is 0 Å². The zero-order chi connectivity index (χ0) is 8.97. The summed E-state index contributed by atoms with van der Waals surface area (Å²) in [5.41, 5.74) is 1.44. The first kappa shape index (κ1) is 9.79. The molecule has 12 heavy (non-hydrogen) atoms. The van der Waals surface area contributed by atoms with E-state index in [1.54, 1.807) is 0 Å². The van der Waals surface area contributed by atoms with Gasteiger partial charge in [0.25, 0.3) is 0 Å². The molecule has 1 heteroatoms. The van der Waals surface area contributed by atoms with E-state index in [9.17, 15) is 0 Å². The maximum atomic E-state index is 5.19. The third-order valence-corrected chi connectivity index (χ3v) is 2.28. The Kier molecular flexibility index (Phi) is 3.80. The summed E-state index contributed by atoms with van der Waals surface area (Å²) in [5, 5.41) is 0. The van der Waals surface area contributed by atoms with Crippen LogP contribution in [0.3, 0.4) is 0 Å². The molecule has 1 nitrogen and oxygen atoms in total. The highest BCUT2D eigenvalue weighted by Crippen LogP contribution is 2.22. The van der Waals surface area contributed by atoms with E-state index < -0.39 is 0 Å². The quantitative estimate of drug-likeness (QED) is 0.454. The SMILES string of the molecule is CC(C)=CCCC(C)C[C@@H]1CO1. The topological polar surface area (TPSA) is 12.5 Å². The fraction of sp³-hybridized carbons (Fsp3) is 0.818. The van der Waals surface area contributed by atoms with Crippen LogP contribution >= 0.6 is 0 Å². The van der Waals surface area contributed by atoms with E-state index in [1.807, 2.05) is 0 Å². The minimum Gasteiger partial charge on any atom is -0.373 e. The van der Waals surface area contributed by atoms with E-state index in [1.165, 1.54) is 24.8 Å². The lowest BCUT2D eigenvalue weighted by Crippen LogP contribution is -1.98. The first-order valence-electron chi connectivity index (χ1n) is 4.93. The predicted octanol–water partition coefficient (Wildman–Crippen LogP) is 3.16. The van der Waals surface area contributed by atoms with Crippen LogP contribution in [0.15, 0.2) is 11.6 Å². The van der Waals surface area contributed by atoms with E-state index in [2.05, 4.69) is 26.8 Å². The largest absolute Gasteiger partial charge is 0.373 e. The van der Waals surface area contributed by atoms with Gasteiger partial charge in [-0.2, -0.15) is 0 Å². The normalized spacial score (nSPS) is 23.4. The molecule has 0 aromatic carbocycles. The van der Waals surface area contributed by atoms with Gasteiger partial charge in [0.15, 0.2) is 0 Å². The minimum atomic E-state index is 0.603. The highest BCUT2D eigenvalue weighted by Gasteiger charge is 2.24. The monoisotopic (exact) mass is 168 g/mol. The molecule has 0 saturated carbocycles. The summed E-state index contributed by atoms with van der Waals surface area (Å²) in [6, 6.07) is 0. The second kappa shape index (κ2) is 4.66. The fourth-order valence-corrected chi connectivity index (χ4v) is 1.43. The van der Waals surface area contributed by atoms with Gasteiger partial charge in [0.2, 0.25) is 0 Å². The Balaban J connectivity index is 2.00. The molecule has 1 heterocycles. The molecule has 70 valence electrons. The number of epoxide rings is 1. The molecule has 1 saturated heterocycles. The van der Waals surface area contributed by atoms with Crippen molar-refractivity contribution in [1.29, 1.82) is 0 Å². The van der Waals surface area contributed by atoms with Crippen LogP contribution in [0.25, 0.3) is 0 Å². The van der Waals surface area contributed by atoms with Crippen LogP contribution in [0.5, 0.6) is 0 Å². The lowest BCUT2D eigenvalue weighted by atomic mass is 9.99. The van der Waals surface area contributed by atoms with Gasteiger partial charge >= 0.3 is 0 Å². The number of hydrogen-bond acceptors (Lipinski definition) is 1. The molecule has 0 spiro atoms. The summed E-state index contributed by atoms with van der Waals surface area (Å²) in [6.45, 7) is 7.65. The van der Waals surface area contributed by atoms with Crippen molar-refractivity contribution < 1.29 is 4.74 Å². The summed E-state index contributed by atoms with van der Waals surface area (Å²) < 4.78 is 5.19. The van der Waals surface area contributed by atoms with Crippen molar-refractivity contribution in [3.63, 3.8) is 0 Å². The molecule has 0 N–H and O–H groups in total. The van der Waals surface area contributed by atoms with Crippen LogP contribution < -0.4 is 0 Å². The van der Waals surface area contributed by atoms with Crippen LogP contribution in [0, 0.1) is 5.92 Å². The Morgan fingerprint density at radius 1 is 1.58 bits per heavy atom. The molecule has 1 aliphatic rings. The average molecular weight is 168 g/mol. The summed E-state index contributed by atoms with van der Waals surface area (Å²) in [7, 11) is 0. The van der Waals surface area contributed by atoms with E-state index in [-0.39, 0.29) is 0 Å². The smallest absolute Gasteiger partial charge is 0.0812 e. The maximum Gasteiger partial charge on any atom is 0.0812 e. The Hall–Kier alpha value is -0.300. The predicted molar refractivity (Wildman–Crippen MR) is 52.2 cm³/mol. The highest BCUT2D eigenvalue weighted by molar-refractivity contribution is 4.92. The molecule has 0 aromatic heterocycles. The van der Waals surface area contributed by atoms with Gasteiger partial charge < -0.3 is 4.74 Å². The molecule has 1 fully saturated rings. The molecule has 0 aliphatic carbocycles. The van der Waals surface area contributed by atoms with Gasteiger partial charge in [-0.25, -0.2) is 0 Å². The van der Waals surface area contributed by atoms with Gasteiger partial charge in [0.05, 0.1) is 12.7 Å².